The molecule has 4 nitrogen and oxygen atoms in total. The van der Waals surface area contributed by atoms with Crippen LogP contribution >= 0.6 is 0 Å². The summed E-state index contributed by atoms with van der Waals surface area (Å²) < 4.78 is 0. The van der Waals surface area contributed by atoms with Crippen molar-refractivity contribution in [3.8, 4) is 11.8 Å². The van der Waals surface area contributed by atoms with E-state index in [4.69, 9.17) is 0 Å². The van der Waals surface area contributed by atoms with Crippen LogP contribution in [0.3, 0.4) is 0 Å². The van der Waals surface area contributed by atoms with Crippen LogP contribution in [0.2, 0.25) is 0 Å². The molecule has 0 unspecified atom stereocenters. The van der Waals surface area contributed by atoms with E-state index in [2.05, 4.69) is 83.8 Å². The lowest BCUT2D eigenvalue weighted by Crippen LogP contribution is -2.39. The van der Waals surface area contributed by atoms with Crippen molar-refractivity contribution in [3.05, 3.63) is 60.2 Å². The first-order chi connectivity index (χ1) is 14.6. The zero-order valence-electron chi connectivity index (χ0n) is 18.2. The number of amides is 1. The summed E-state index contributed by atoms with van der Waals surface area (Å²) in [5.41, 5.74) is 1.31. The van der Waals surface area contributed by atoms with E-state index < -0.39 is 0 Å². The Morgan fingerprint density at radius 2 is 1.97 bits per heavy atom. The second-order valence-electron chi connectivity index (χ2n) is 8.04. The van der Waals surface area contributed by atoms with Crippen molar-refractivity contribution in [2.75, 3.05) is 33.2 Å². The molecule has 0 aliphatic carbocycles. The lowest BCUT2D eigenvalue weighted by atomic mass is 9.96. The minimum absolute atomic E-state index is 0.170. The standard InChI is InChI=1S/C26H33N3O/c1-21(24-14-10-12-22-11-6-7-13-25(22)24)27-17-8-4-3-5-9-18-28-26(30)23-15-19-29(2)20-16-23/h4,6-8,10-14,21,23,27H,9,15-20H2,1-2H3,(H,28,30)/b8-4+/t21-/m1/s1. The van der Waals surface area contributed by atoms with E-state index in [1.165, 1.54) is 16.3 Å². The lowest BCUT2D eigenvalue weighted by Gasteiger charge is -2.27. The van der Waals surface area contributed by atoms with Gasteiger partial charge in [0, 0.05) is 31.5 Å². The molecule has 0 spiro atoms. The molecule has 1 atom stereocenters. The summed E-state index contributed by atoms with van der Waals surface area (Å²) in [4.78, 5) is 14.4. The summed E-state index contributed by atoms with van der Waals surface area (Å²) >= 11 is 0. The van der Waals surface area contributed by atoms with E-state index in [9.17, 15) is 4.79 Å². The van der Waals surface area contributed by atoms with Gasteiger partial charge in [0.15, 0.2) is 0 Å². The zero-order chi connectivity index (χ0) is 21.2. The molecule has 2 aromatic carbocycles. The van der Waals surface area contributed by atoms with Crippen molar-refractivity contribution in [1.29, 1.82) is 0 Å². The van der Waals surface area contributed by atoms with Gasteiger partial charge in [0.25, 0.3) is 0 Å². The average Bonchev–Trinajstić information content (AvgIpc) is 2.77. The van der Waals surface area contributed by atoms with Crippen molar-refractivity contribution < 1.29 is 4.79 Å². The van der Waals surface area contributed by atoms with E-state index >= 15 is 0 Å². The van der Waals surface area contributed by atoms with Crippen molar-refractivity contribution in [2.45, 2.75) is 32.2 Å². The van der Waals surface area contributed by atoms with Gasteiger partial charge in [0.05, 0.1) is 0 Å². The highest BCUT2D eigenvalue weighted by Crippen LogP contribution is 2.23. The molecule has 1 fully saturated rings. The predicted molar refractivity (Wildman–Crippen MR) is 125 cm³/mol. The summed E-state index contributed by atoms with van der Waals surface area (Å²) in [6, 6.07) is 15.2. The normalized spacial score (nSPS) is 16.3. The van der Waals surface area contributed by atoms with Gasteiger partial charge in [0.1, 0.15) is 0 Å². The highest BCUT2D eigenvalue weighted by atomic mass is 16.1. The topological polar surface area (TPSA) is 44.4 Å². The van der Waals surface area contributed by atoms with Crippen LogP contribution in [0, 0.1) is 17.8 Å². The Balaban J connectivity index is 1.34. The van der Waals surface area contributed by atoms with Gasteiger partial charge < -0.3 is 15.5 Å². The second kappa shape index (κ2) is 11.5. The molecule has 30 heavy (non-hydrogen) atoms. The number of allylic oxidation sites excluding steroid dienone is 1. The molecule has 3 rings (SSSR count). The summed E-state index contributed by atoms with van der Waals surface area (Å²) in [5, 5.41) is 9.12. The number of hydrogen-bond acceptors (Lipinski definition) is 3. The fraction of sp³-hybridized carbons (Fsp3) is 0.423. The Morgan fingerprint density at radius 3 is 2.80 bits per heavy atom. The molecule has 2 N–H and O–H groups in total. The third kappa shape index (κ3) is 6.45. The predicted octanol–water partition coefficient (Wildman–Crippen LogP) is 3.90. The number of carbonyl (C=O) groups is 1. The number of rotatable bonds is 7. The summed E-state index contributed by atoms with van der Waals surface area (Å²) in [6.07, 6.45) is 6.54. The summed E-state index contributed by atoms with van der Waals surface area (Å²) in [7, 11) is 2.11. The Hall–Kier alpha value is -2.61. The number of hydrogen-bond donors (Lipinski definition) is 2. The van der Waals surface area contributed by atoms with Crippen LogP contribution in [0.1, 0.15) is 37.8 Å². The van der Waals surface area contributed by atoms with E-state index in [-0.39, 0.29) is 17.9 Å². The van der Waals surface area contributed by atoms with Crippen LogP contribution in [0.25, 0.3) is 10.8 Å². The van der Waals surface area contributed by atoms with Gasteiger partial charge in [-0.1, -0.05) is 60.4 Å². The van der Waals surface area contributed by atoms with Crippen LogP contribution in [-0.2, 0) is 4.79 Å². The van der Waals surface area contributed by atoms with Crippen LogP contribution in [0.5, 0.6) is 0 Å². The average molecular weight is 404 g/mol. The van der Waals surface area contributed by atoms with Crippen molar-refractivity contribution in [2.24, 2.45) is 5.92 Å². The molecule has 0 bridgehead atoms. The van der Waals surface area contributed by atoms with Gasteiger partial charge in [-0.2, -0.15) is 0 Å². The maximum atomic E-state index is 12.1. The highest BCUT2D eigenvalue weighted by molar-refractivity contribution is 5.86. The van der Waals surface area contributed by atoms with Gasteiger partial charge >= 0.3 is 0 Å². The molecule has 1 aliphatic rings. The van der Waals surface area contributed by atoms with Gasteiger partial charge in [0.2, 0.25) is 5.91 Å². The number of fused-ring (bicyclic) bond motifs is 1. The summed E-state index contributed by atoms with van der Waals surface area (Å²) in [6.45, 7) is 5.61. The molecule has 158 valence electrons. The molecular formula is C26H33N3O. The first-order valence-corrected chi connectivity index (χ1v) is 11.0. The van der Waals surface area contributed by atoms with Gasteiger partial charge in [-0.3, -0.25) is 4.79 Å². The van der Waals surface area contributed by atoms with Crippen molar-refractivity contribution >= 4 is 16.7 Å². The van der Waals surface area contributed by atoms with Crippen LogP contribution in [0.15, 0.2) is 54.6 Å². The van der Waals surface area contributed by atoms with Crippen molar-refractivity contribution in [3.63, 3.8) is 0 Å². The first-order valence-electron chi connectivity index (χ1n) is 11.0. The molecule has 1 aliphatic heterocycles. The minimum Gasteiger partial charge on any atom is -0.355 e. The zero-order valence-corrected chi connectivity index (χ0v) is 18.2. The number of carbonyl (C=O) groups excluding carboxylic acids is 1. The third-order valence-electron chi connectivity index (χ3n) is 5.77. The third-order valence-corrected chi connectivity index (χ3v) is 5.77. The molecule has 1 amide bonds. The summed E-state index contributed by atoms with van der Waals surface area (Å²) in [5.74, 6) is 6.52. The monoisotopic (exact) mass is 403 g/mol. The maximum absolute atomic E-state index is 12.1. The lowest BCUT2D eigenvalue weighted by molar-refractivity contribution is -0.126. The number of nitrogens with one attached hydrogen (secondary N) is 2. The molecule has 0 aromatic heterocycles. The van der Waals surface area contributed by atoms with E-state index in [1.807, 2.05) is 12.2 Å². The van der Waals surface area contributed by atoms with Crippen LogP contribution < -0.4 is 10.6 Å². The van der Waals surface area contributed by atoms with Crippen LogP contribution in [-0.4, -0.2) is 44.0 Å². The first kappa shape index (κ1) is 22.1. The molecule has 0 saturated carbocycles. The SMILES string of the molecule is C[C@@H](NC/C=C/C#CCCNC(=O)C1CCN(C)CC1)c1cccc2ccccc12. The van der Waals surface area contributed by atoms with E-state index in [0.717, 1.165) is 32.5 Å². The Bertz CT molecular complexity index is 911. The van der Waals surface area contributed by atoms with Gasteiger partial charge in [-0.05, 0) is 62.3 Å². The van der Waals surface area contributed by atoms with Gasteiger partial charge in [-0.25, -0.2) is 0 Å². The fourth-order valence-corrected chi connectivity index (χ4v) is 3.90. The second-order valence-corrected chi connectivity index (χ2v) is 8.04. The molecule has 4 heteroatoms. The minimum atomic E-state index is 0.170. The smallest absolute Gasteiger partial charge is 0.223 e. The number of nitrogens with zero attached hydrogens (tertiary/aromatic N) is 1. The molecular weight excluding hydrogens is 370 g/mol. The Morgan fingerprint density at radius 1 is 1.20 bits per heavy atom. The Kier molecular flexibility index (Phi) is 8.50. The molecule has 0 radical (unpaired) electrons. The van der Waals surface area contributed by atoms with E-state index in [1.54, 1.807) is 0 Å². The quantitative estimate of drug-likeness (QED) is 0.544. The van der Waals surface area contributed by atoms with Crippen LogP contribution in [0.4, 0.5) is 0 Å². The molecule has 1 heterocycles. The number of benzene rings is 2. The largest absolute Gasteiger partial charge is 0.355 e. The maximum Gasteiger partial charge on any atom is 0.223 e. The number of piperidine rings is 1. The Labute approximate surface area is 180 Å². The van der Waals surface area contributed by atoms with Gasteiger partial charge in [-0.15, -0.1) is 0 Å². The molecule has 1 saturated heterocycles. The van der Waals surface area contributed by atoms with E-state index in [0.29, 0.717) is 13.0 Å². The van der Waals surface area contributed by atoms with Crippen molar-refractivity contribution in [1.82, 2.24) is 15.5 Å². The number of likely N-dealkylation sites (tertiary alicyclic amines) is 1. The fourth-order valence-electron chi connectivity index (χ4n) is 3.90. The highest BCUT2D eigenvalue weighted by Gasteiger charge is 2.22. The molecule has 2 aromatic rings.